The second kappa shape index (κ2) is 7.95. The Balaban J connectivity index is 1.75. The van der Waals surface area contributed by atoms with E-state index in [2.05, 4.69) is 4.74 Å². The third kappa shape index (κ3) is 5.03. The van der Waals surface area contributed by atoms with Crippen LogP contribution in [0.3, 0.4) is 0 Å². The Bertz CT molecular complexity index is 613. The van der Waals surface area contributed by atoms with Crippen LogP contribution in [0.5, 0.6) is 0 Å². The fraction of sp³-hybridized carbons (Fsp3) is 0.176. The molecule has 0 bridgehead atoms. The fourth-order valence-electron chi connectivity index (χ4n) is 1.88. The maximum atomic E-state index is 11.6. The van der Waals surface area contributed by atoms with E-state index in [0.717, 1.165) is 11.1 Å². The van der Waals surface area contributed by atoms with Crippen molar-refractivity contribution >= 4 is 12.1 Å². The number of ether oxygens (including phenoxy) is 2. The van der Waals surface area contributed by atoms with Crippen LogP contribution in [0, 0.1) is 0 Å². The Morgan fingerprint density at radius 2 is 1.55 bits per heavy atom. The van der Waals surface area contributed by atoms with Crippen molar-refractivity contribution in [3.63, 3.8) is 0 Å². The molecule has 2 aromatic carbocycles. The first-order chi connectivity index (χ1) is 10.6. The topological polar surface area (TPSA) is 78.6 Å². The number of rotatable bonds is 5. The largest absolute Gasteiger partial charge is 0.516 e. The first-order valence-corrected chi connectivity index (χ1v) is 6.87. The number of hydrogen-bond acceptors (Lipinski definition) is 5. The molecule has 5 heteroatoms. The highest BCUT2D eigenvalue weighted by Crippen LogP contribution is 2.14. The maximum Gasteiger partial charge on any atom is 0.516 e. The molecule has 0 heterocycles. The second-order valence-corrected chi connectivity index (χ2v) is 4.72. The number of hydrogen-bond donors (Lipinski definition) is 1. The minimum absolute atomic E-state index is 0.0533. The Kier molecular flexibility index (Phi) is 5.68. The summed E-state index contributed by atoms with van der Waals surface area (Å²) < 4.78 is 9.45. The molecule has 0 aromatic heterocycles. The van der Waals surface area contributed by atoms with Gasteiger partial charge >= 0.3 is 12.1 Å². The third-order valence-electron chi connectivity index (χ3n) is 3.01. The molecule has 1 unspecified atom stereocenters. The molecular weight excluding hydrogens is 282 g/mol. The molecule has 0 fully saturated rings. The van der Waals surface area contributed by atoms with E-state index in [1.807, 2.05) is 48.5 Å². The molecule has 0 aliphatic carbocycles. The molecule has 114 valence electrons. The van der Waals surface area contributed by atoms with Gasteiger partial charge in [-0.15, -0.1) is 0 Å². The molecule has 2 N–H and O–H groups in total. The first kappa shape index (κ1) is 15.7. The molecule has 0 aliphatic rings. The highest BCUT2D eigenvalue weighted by Gasteiger charge is 2.16. The second-order valence-electron chi connectivity index (χ2n) is 4.72. The van der Waals surface area contributed by atoms with Gasteiger partial charge in [-0.3, -0.25) is 4.79 Å². The predicted molar refractivity (Wildman–Crippen MR) is 80.7 cm³/mol. The molecule has 0 saturated heterocycles. The van der Waals surface area contributed by atoms with Gasteiger partial charge in [0, 0.05) is 6.04 Å². The van der Waals surface area contributed by atoms with Crippen LogP contribution >= 0.6 is 0 Å². The lowest BCUT2D eigenvalue weighted by atomic mass is 10.1. The molecule has 2 rings (SSSR count). The summed E-state index contributed by atoms with van der Waals surface area (Å²) in [6.07, 6.45) is -1.11. The van der Waals surface area contributed by atoms with Gasteiger partial charge in [0.1, 0.15) is 6.61 Å². The zero-order chi connectivity index (χ0) is 15.8. The summed E-state index contributed by atoms with van der Waals surface area (Å²) in [6.45, 7) is 0.0533. The van der Waals surface area contributed by atoms with Crippen LogP contribution in [-0.4, -0.2) is 12.1 Å². The first-order valence-electron chi connectivity index (χ1n) is 6.87. The van der Waals surface area contributed by atoms with E-state index in [0.29, 0.717) is 0 Å². The summed E-state index contributed by atoms with van der Waals surface area (Å²) in [5, 5.41) is 0. The van der Waals surface area contributed by atoms with Crippen molar-refractivity contribution in [2.45, 2.75) is 19.1 Å². The standard InChI is InChI=1S/C17H17NO4/c18-15(14-9-5-2-6-10-14)11-16(19)22-17(20)21-12-13-7-3-1-4-8-13/h1-10,15H,11-12,18H2. The lowest BCUT2D eigenvalue weighted by Crippen LogP contribution is -2.20. The quantitative estimate of drug-likeness (QED) is 0.678. The summed E-state index contributed by atoms with van der Waals surface area (Å²) >= 11 is 0. The minimum Gasteiger partial charge on any atom is -0.429 e. The highest BCUT2D eigenvalue weighted by atomic mass is 16.7. The van der Waals surface area contributed by atoms with Crippen molar-refractivity contribution < 1.29 is 19.1 Å². The van der Waals surface area contributed by atoms with Gasteiger partial charge in [-0.25, -0.2) is 4.79 Å². The highest BCUT2D eigenvalue weighted by molar-refractivity contribution is 5.82. The number of esters is 1. The van der Waals surface area contributed by atoms with Crippen LogP contribution in [-0.2, 0) is 20.9 Å². The van der Waals surface area contributed by atoms with E-state index in [-0.39, 0.29) is 13.0 Å². The Morgan fingerprint density at radius 1 is 0.955 bits per heavy atom. The average Bonchev–Trinajstić information content (AvgIpc) is 2.54. The van der Waals surface area contributed by atoms with E-state index in [1.54, 1.807) is 12.1 Å². The number of nitrogens with two attached hydrogens (primary N) is 1. The molecular formula is C17H17NO4. The van der Waals surface area contributed by atoms with Gasteiger partial charge in [0.15, 0.2) is 0 Å². The lowest BCUT2D eigenvalue weighted by molar-refractivity contribution is -0.140. The van der Waals surface area contributed by atoms with E-state index in [1.165, 1.54) is 0 Å². The Morgan fingerprint density at radius 3 is 2.18 bits per heavy atom. The molecule has 1 atom stereocenters. The van der Waals surface area contributed by atoms with Gasteiger partial charge in [0.2, 0.25) is 0 Å². The van der Waals surface area contributed by atoms with Gasteiger partial charge in [-0.2, -0.15) is 0 Å². The molecule has 0 radical (unpaired) electrons. The normalized spacial score (nSPS) is 11.5. The summed E-state index contributed by atoms with van der Waals surface area (Å²) in [6, 6.07) is 17.7. The van der Waals surface area contributed by atoms with Crippen LogP contribution in [0.1, 0.15) is 23.6 Å². The zero-order valence-corrected chi connectivity index (χ0v) is 12.0. The van der Waals surface area contributed by atoms with Crippen molar-refractivity contribution in [1.82, 2.24) is 0 Å². The smallest absolute Gasteiger partial charge is 0.429 e. The van der Waals surface area contributed by atoms with Crippen molar-refractivity contribution in [2.24, 2.45) is 5.73 Å². The van der Waals surface area contributed by atoms with Gasteiger partial charge in [-0.05, 0) is 11.1 Å². The summed E-state index contributed by atoms with van der Waals surface area (Å²) in [4.78, 5) is 23.1. The van der Waals surface area contributed by atoms with Crippen molar-refractivity contribution in [1.29, 1.82) is 0 Å². The predicted octanol–water partition coefficient (Wildman–Crippen LogP) is 2.96. The van der Waals surface area contributed by atoms with E-state index in [9.17, 15) is 9.59 Å². The molecule has 5 nitrogen and oxygen atoms in total. The van der Waals surface area contributed by atoms with Gasteiger partial charge in [0.05, 0.1) is 6.42 Å². The Labute approximate surface area is 128 Å². The summed E-state index contributed by atoms with van der Waals surface area (Å²) in [5.74, 6) is -0.714. The third-order valence-corrected chi connectivity index (χ3v) is 3.01. The Hall–Kier alpha value is -2.66. The van der Waals surface area contributed by atoms with Crippen LogP contribution in [0.2, 0.25) is 0 Å². The summed E-state index contributed by atoms with van der Waals surface area (Å²) in [7, 11) is 0. The number of carbonyl (C=O) groups is 2. The average molecular weight is 299 g/mol. The molecule has 0 spiro atoms. The van der Waals surface area contributed by atoms with Gasteiger partial charge in [-0.1, -0.05) is 60.7 Å². The van der Waals surface area contributed by atoms with Gasteiger partial charge < -0.3 is 15.2 Å². The molecule has 2 aromatic rings. The van der Waals surface area contributed by atoms with E-state index in [4.69, 9.17) is 10.5 Å². The molecule has 0 saturated carbocycles. The minimum atomic E-state index is -1.02. The van der Waals surface area contributed by atoms with Gasteiger partial charge in [0.25, 0.3) is 0 Å². The summed E-state index contributed by atoms with van der Waals surface area (Å²) in [5.41, 5.74) is 7.50. The van der Waals surface area contributed by atoms with Crippen LogP contribution in [0.4, 0.5) is 4.79 Å². The van der Waals surface area contributed by atoms with E-state index < -0.39 is 18.2 Å². The van der Waals surface area contributed by atoms with Crippen LogP contribution in [0.15, 0.2) is 60.7 Å². The van der Waals surface area contributed by atoms with Crippen molar-refractivity contribution in [3.8, 4) is 0 Å². The monoisotopic (exact) mass is 299 g/mol. The fourth-order valence-corrected chi connectivity index (χ4v) is 1.88. The molecule has 0 aliphatic heterocycles. The van der Waals surface area contributed by atoms with Crippen LogP contribution in [0.25, 0.3) is 0 Å². The molecule has 0 amide bonds. The van der Waals surface area contributed by atoms with Crippen LogP contribution < -0.4 is 5.73 Å². The molecule has 22 heavy (non-hydrogen) atoms. The zero-order valence-electron chi connectivity index (χ0n) is 12.0. The SMILES string of the molecule is NC(CC(=O)OC(=O)OCc1ccccc1)c1ccccc1. The maximum absolute atomic E-state index is 11.6. The number of carbonyl (C=O) groups excluding carboxylic acids is 2. The lowest BCUT2D eigenvalue weighted by Gasteiger charge is -2.10. The van der Waals surface area contributed by atoms with Crippen molar-refractivity contribution in [2.75, 3.05) is 0 Å². The van der Waals surface area contributed by atoms with E-state index >= 15 is 0 Å². The number of benzene rings is 2. The van der Waals surface area contributed by atoms with Crippen molar-refractivity contribution in [3.05, 3.63) is 71.8 Å².